The van der Waals surface area contributed by atoms with Crippen molar-refractivity contribution in [2.24, 2.45) is 0 Å². The summed E-state index contributed by atoms with van der Waals surface area (Å²) in [6, 6.07) is 4.76. The molecule has 18 heavy (non-hydrogen) atoms. The Kier molecular flexibility index (Phi) is 4.87. The number of carboxylic acid groups (broad SMARTS) is 1. The fourth-order valence-electron chi connectivity index (χ4n) is 1.79. The molecule has 1 aromatic rings. The number of rotatable bonds is 5. The number of benzene rings is 1. The summed E-state index contributed by atoms with van der Waals surface area (Å²) in [4.78, 5) is 10.7. The highest BCUT2D eigenvalue weighted by Crippen LogP contribution is 2.20. The lowest BCUT2D eigenvalue weighted by molar-refractivity contribution is -0.139. The van der Waals surface area contributed by atoms with Gasteiger partial charge in [0, 0.05) is 6.04 Å². The Balaban J connectivity index is 2.76. The van der Waals surface area contributed by atoms with Crippen LogP contribution in [-0.4, -0.2) is 28.3 Å². The smallest absolute Gasteiger partial charge is 0.320 e. The summed E-state index contributed by atoms with van der Waals surface area (Å²) in [5.41, 5.74) is 3.09. The molecule has 0 bridgehead atoms. The van der Waals surface area contributed by atoms with Crippen molar-refractivity contribution in [2.75, 3.05) is 0 Å². The van der Waals surface area contributed by atoms with E-state index in [9.17, 15) is 9.90 Å². The van der Waals surface area contributed by atoms with E-state index in [-0.39, 0.29) is 6.04 Å². The lowest BCUT2D eigenvalue weighted by Crippen LogP contribution is -2.42. The van der Waals surface area contributed by atoms with Crippen LogP contribution in [0.5, 0.6) is 0 Å². The van der Waals surface area contributed by atoms with Gasteiger partial charge in [-0.1, -0.05) is 18.2 Å². The Morgan fingerprint density at radius 1 is 1.22 bits per heavy atom. The number of nitrogens with one attached hydrogen (secondary N) is 1. The Bertz CT molecular complexity index is 431. The Labute approximate surface area is 108 Å². The van der Waals surface area contributed by atoms with Gasteiger partial charge in [0.1, 0.15) is 6.04 Å². The van der Waals surface area contributed by atoms with E-state index >= 15 is 0 Å². The maximum absolute atomic E-state index is 10.7. The lowest BCUT2D eigenvalue weighted by atomic mass is 9.98. The second kappa shape index (κ2) is 5.98. The first-order valence-corrected chi connectivity index (χ1v) is 6.07. The van der Waals surface area contributed by atoms with E-state index in [1.807, 2.05) is 32.0 Å². The topological polar surface area (TPSA) is 69.6 Å². The van der Waals surface area contributed by atoms with Gasteiger partial charge in [-0.3, -0.25) is 10.1 Å². The van der Waals surface area contributed by atoms with E-state index in [1.165, 1.54) is 5.56 Å². The highest BCUT2D eigenvalue weighted by Gasteiger charge is 2.21. The van der Waals surface area contributed by atoms with Gasteiger partial charge in [0.05, 0.1) is 6.10 Å². The van der Waals surface area contributed by atoms with Crippen LogP contribution in [0.25, 0.3) is 0 Å². The van der Waals surface area contributed by atoms with Gasteiger partial charge >= 0.3 is 5.97 Å². The lowest BCUT2D eigenvalue weighted by Gasteiger charge is -2.23. The summed E-state index contributed by atoms with van der Waals surface area (Å²) in [5.74, 6) is -0.922. The standard InChI is InChI=1S/C14H21NO3/c1-8-5-6-12(7-9(8)2)13(16)10(3)15-11(4)14(17)18/h5-7,10-11,13,15-16H,1-4H3,(H,17,18). The van der Waals surface area contributed by atoms with Crippen molar-refractivity contribution in [2.45, 2.75) is 45.9 Å². The number of hydrogen-bond donors (Lipinski definition) is 3. The maximum atomic E-state index is 10.7. The predicted molar refractivity (Wildman–Crippen MR) is 70.6 cm³/mol. The van der Waals surface area contributed by atoms with E-state index < -0.39 is 18.1 Å². The molecule has 3 unspecified atom stereocenters. The maximum Gasteiger partial charge on any atom is 0.320 e. The fraction of sp³-hybridized carbons (Fsp3) is 0.500. The minimum atomic E-state index is -0.922. The van der Waals surface area contributed by atoms with Gasteiger partial charge in [0.15, 0.2) is 0 Å². The molecular weight excluding hydrogens is 230 g/mol. The quantitative estimate of drug-likeness (QED) is 0.746. The van der Waals surface area contributed by atoms with E-state index in [0.29, 0.717) is 0 Å². The van der Waals surface area contributed by atoms with Gasteiger partial charge in [0.2, 0.25) is 0 Å². The molecule has 0 aliphatic heterocycles. The predicted octanol–water partition coefficient (Wildman–Crippen LogP) is 1.79. The van der Waals surface area contributed by atoms with Crippen molar-refractivity contribution in [3.05, 3.63) is 34.9 Å². The molecule has 3 N–H and O–H groups in total. The largest absolute Gasteiger partial charge is 0.480 e. The molecule has 1 aromatic carbocycles. The van der Waals surface area contributed by atoms with Gasteiger partial charge < -0.3 is 10.2 Å². The highest BCUT2D eigenvalue weighted by molar-refractivity contribution is 5.72. The molecule has 4 nitrogen and oxygen atoms in total. The van der Waals surface area contributed by atoms with Gasteiger partial charge in [-0.05, 0) is 44.4 Å². The summed E-state index contributed by atoms with van der Waals surface area (Å²) in [6.45, 7) is 7.34. The number of carboxylic acids is 1. The van der Waals surface area contributed by atoms with Crippen LogP contribution in [-0.2, 0) is 4.79 Å². The number of aliphatic hydroxyl groups is 1. The molecule has 0 fully saturated rings. The van der Waals surface area contributed by atoms with Crippen molar-refractivity contribution in [1.82, 2.24) is 5.32 Å². The summed E-state index contributed by atoms with van der Waals surface area (Å²) < 4.78 is 0. The van der Waals surface area contributed by atoms with Crippen molar-refractivity contribution in [1.29, 1.82) is 0 Å². The SMILES string of the molecule is Cc1ccc(C(O)C(C)NC(C)C(=O)O)cc1C. The van der Waals surface area contributed by atoms with Crippen LogP contribution >= 0.6 is 0 Å². The van der Waals surface area contributed by atoms with Crippen LogP contribution in [0, 0.1) is 13.8 Å². The van der Waals surface area contributed by atoms with Crippen LogP contribution in [0.3, 0.4) is 0 Å². The average molecular weight is 251 g/mol. The summed E-state index contributed by atoms with van der Waals surface area (Å²) in [6.07, 6.45) is -0.717. The minimum absolute atomic E-state index is 0.321. The number of aliphatic hydroxyl groups excluding tert-OH is 1. The van der Waals surface area contributed by atoms with Gasteiger partial charge in [-0.15, -0.1) is 0 Å². The average Bonchev–Trinajstić information content (AvgIpc) is 2.31. The van der Waals surface area contributed by atoms with E-state index in [2.05, 4.69) is 5.32 Å². The fourth-order valence-corrected chi connectivity index (χ4v) is 1.79. The first-order valence-electron chi connectivity index (χ1n) is 6.07. The molecule has 0 aliphatic carbocycles. The second-order valence-corrected chi connectivity index (χ2v) is 4.80. The zero-order valence-corrected chi connectivity index (χ0v) is 11.3. The van der Waals surface area contributed by atoms with E-state index in [0.717, 1.165) is 11.1 Å². The molecule has 0 heterocycles. The molecule has 3 atom stereocenters. The third-order valence-corrected chi connectivity index (χ3v) is 3.23. The molecular formula is C14H21NO3. The molecule has 0 spiro atoms. The molecule has 1 rings (SSSR count). The zero-order chi connectivity index (χ0) is 13.9. The van der Waals surface area contributed by atoms with Crippen LogP contribution in [0.1, 0.15) is 36.6 Å². The third-order valence-electron chi connectivity index (χ3n) is 3.23. The Hall–Kier alpha value is -1.39. The molecule has 0 saturated heterocycles. The van der Waals surface area contributed by atoms with Crippen molar-refractivity contribution >= 4 is 5.97 Å². The van der Waals surface area contributed by atoms with Crippen LogP contribution in [0.2, 0.25) is 0 Å². The zero-order valence-electron chi connectivity index (χ0n) is 11.3. The molecule has 0 aromatic heterocycles. The first kappa shape index (κ1) is 14.7. The minimum Gasteiger partial charge on any atom is -0.480 e. The van der Waals surface area contributed by atoms with E-state index in [1.54, 1.807) is 13.8 Å². The number of aryl methyl sites for hydroxylation is 2. The van der Waals surface area contributed by atoms with Crippen molar-refractivity contribution in [3.63, 3.8) is 0 Å². The van der Waals surface area contributed by atoms with Crippen molar-refractivity contribution < 1.29 is 15.0 Å². The van der Waals surface area contributed by atoms with Gasteiger partial charge in [-0.2, -0.15) is 0 Å². The summed E-state index contributed by atoms with van der Waals surface area (Å²) in [5, 5.41) is 21.9. The second-order valence-electron chi connectivity index (χ2n) is 4.80. The molecule has 0 radical (unpaired) electrons. The summed E-state index contributed by atoms with van der Waals surface area (Å²) in [7, 11) is 0. The molecule has 4 heteroatoms. The number of aliphatic carboxylic acids is 1. The normalized spacial score (nSPS) is 16.1. The molecule has 100 valence electrons. The molecule has 0 aliphatic rings. The third kappa shape index (κ3) is 3.55. The number of carbonyl (C=O) groups is 1. The highest BCUT2D eigenvalue weighted by atomic mass is 16.4. The van der Waals surface area contributed by atoms with Crippen LogP contribution in [0.4, 0.5) is 0 Å². The Morgan fingerprint density at radius 2 is 1.83 bits per heavy atom. The number of hydrogen-bond acceptors (Lipinski definition) is 3. The molecule has 0 saturated carbocycles. The van der Waals surface area contributed by atoms with Crippen LogP contribution < -0.4 is 5.32 Å². The monoisotopic (exact) mass is 251 g/mol. The summed E-state index contributed by atoms with van der Waals surface area (Å²) >= 11 is 0. The van der Waals surface area contributed by atoms with Gasteiger partial charge in [0.25, 0.3) is 0 Å². The first-order chi connectivity index (χ1) is 8.32. The van der Waals surface area contributed by atoms with Crippen molar-refractivity contribution in [3.8, 4) is 0 Å². The Morgan fingerprint density at radius 3 is 2.33 bits per heavy atom. The van der Waals surface area contributed by atoms with E-state index in [4.69, 9.17) is 5.11 Å². The van der Waals surface area contributed by atoms with Gasteiger partial charge in [-0.25, -0.2) is 0 Å². The molecule has 0 amide bonds. The van der Waals surface area contributed by atoms with Crippen LogP contribution in [0.15, 0.2) is 18.2 Å².